The fourth-order valence-corrected chi connectivity index (χ4v) is 5.00. The average molecular weight is 590 g/mol. The SMILES string of the molecule is CCOc1cc([C@@H]2C(C(=O)Nc3cc(OC)c(Cl)cc3OC)=C(C)Nc3ncnn32)ccc1OCc1ccc(C)cc1. The van der Waals surface area contributed by atoms with E-state index in [-0.39, 0.29) is 5.91 Å². The number of nitrogens with one attached hydrogen (secondary N) is 2. The zero-order valence-corrected chi connectivity index (χ0v) is 24.8. The highest BCUT2D eigenvalue weighted by Crippen LogP contribution is 2.41. The van der Waals surface area contributed by atoms with Crippen LogP contribution in [-0.4, -0.2) is 41.5 Å². The zero-order chi connectivity index (χ0) is 29.8. The molecule has 0 saturated heterocycles. The molecule has 2 N–H and O–H groups in total. The first-order valence-corrected chi connectivity index (χ1v) is 13.8. The maximum Gasteiger partial charge on any atom is 0.255 e. The quantitative estimate of drug-likeness (QED) is 0.226. The molecule has 5 rings (SSSR count). The van der Waals surface area contributed by atoms with E-state index in [0.29, 0.717) is 64.1 Å². The van der Waals surface area contributed by atoms with E-state index in [9.17, 15) is 4.79 Å². The van der Waals surface area contributed by atoms with Gasteiger partial charge in [0.25, 0.3) is 5.91 Å². The molecule has 1 aliphatic heterocycles. The molecule has 218 valence electrons. The van der Waals surface area contributed by atoms with Gasteiger partial charge >= 0.3 is 0 Å². The highest BCUT2D eigenvalue weighted by molar-refractivity contribution is 6.32. The standard InChI is InChI=1S/C31H32ClN5O5/c1-6-41-27-13-21(11-12-24(27)42-16-20-9-7-18(2)8-10-20)29-28(19(3)35-31-33-17-34-37(29)31)30(38)36-23-15-25(39-4)22(32)14-26(23)40-5/h7-15,17,29H,6,16H2,1-5H3,(H,36,38)(H,33,34,35)/t29-/m1/s1. The summed E-state index contributed by atoms with van der Waals surface area (Å²) in [7, 11) is 3.01. The molecule has 2 heterocycles. The predicted molar refractivity (Wildman–Crippen MR) is 161 cm³/mol. The Morgan fingerprint density at radius 2 is 1.74 bits per heavy atom. The molecule has 1 amide bonds. The molecule has 0 saturated carbocycles. The maximum absolute atomic E-state index is 14.0. The summed E-state index contributed by atoms with van der Waals surface area (Å²) in [5, 5.41) is 10.9. The summed E-state index contributed by atoms with van der Waals surface area (Å²) in [4.78, 5) is 18.3. The summed E-state index contributed by atoms with van der Waals surface area (Å²) < 4.78 is 24.6. The molecule has 0 aliphatic carbocycles. The average Bonchev–Trinajstić information content (AvgIpc) is 3.45. The van der Waals surface area contributed by atoms with E-state index in [2.05, 4.69) is 32.8 Å². The molecule has 42 heavy (non-hydrogen) atoms. The highest BCUT2D eigenvalue weighted by atomic mass is 35.5. The third kappa shape index (κ3) is 5.84. The molecule has 0 bridgehead atoms. The van der Waals surface area contributed by atoms with Crippen molar-refractivity contribution in [3.8, 4) is 23.0 Å². The van der Waals surface area contributed by atoms with Gasteiger partial charge in [-0.25, -0.2) is 4.68 Å². The van der Waals surface area contributed by atoms with E-state index in [1.807, 2.05) is 51.1 Å². The van der Waals surface area contributed by atoms with Gasteiger partial charge in [0.1, 0.15) is 30.5 Å². The molecule has 0 unspecified atom stereocenters. The van der Waals surface area contributed by atoms with Crippen LogP contribution in [0.5, 0.6) is 23.0 Å². The Hall–Kier alpha value is -4.70. The lowest BCUT2D eigenvalue weighted by molar-refractivity contribution is -0.113. The van der Waals surface area contributed by atoms with Gasteiger partial charge in [-0.3, -0.25) is 4.79 Å². The van der Waals surface area contributed by atoms with Crippen molar-refractivity contribution in [1.82, 2.24) is 14.8 Å². The number of nitrogens with zero attached hydrogens (tertiary/aromatic N) is 3. The fourth-order valence-electron chi connectivity index (χ4n) is 4.77. The molecular weight excluding hydrogens is 558 g/mol. The Kier molecular flexibility index (Phi) is 8.53. The van der Waals surface area contributed by atoms with Crippen molar-refractivity contribution in [3.05, 3.63) is 93.9 Å². The predicted octanol–water partition coefficient (Wildman–Crippen LogP) is 6.16. The maximum atomic E-state index is 14.0. The number of ether oxygens (including phenoxy) is 4. The summed E-state index contributed by atoms with van der Waals surface area (Å²) in [6.45, 7) is 6.60. The molecule has 11 heteroatoms. The van der Waals surface area contributed by atoms with Crippen molar-refractivity contribution >= 4 is 29.1 Å². The van der Waals surface area contributed by atoms with Crippen molar-refractivity contribution in [3.63, 3.8) is 0 Å². The molecule has 3 aromatic carbocycles. The molecule has 0 radical (unpaired) electrons. The number of aryl methyl sites for hydroxylation is 1. The van der Waals surface area contributed by atoms with E-state index < -0.39 is 6.04 Å². The van der Waals surface area contributed by atoms with Crippen molar-refractivity contribution in [1.29, 1.82) is 0 Å². The number of halogens is 1. The molecule has 1 aromatic heterocycles. The van der Waals surface area contributed by atoms with Gasteiger partial charge in [-0.1, -0.05) is 47.5 Å². The summed E-state index contributed by atoms with van der Waals surface area (Å²) in [6, 6.07) is 16.4. The number of carbonyl (C=O) groups excluding carboxylic acids is 1. The van der Waals surface area contributed by atoms with Crippen molar-refractivity contribution < 1.29 is 23.7 Å². The van der Waals surface area contributed by atoms with Gasteiger partial charge in [0.05, 0.1) is 37.1 Å². The third-order valence-corrected chi connectivity index (χ3v) is 7.15. The lowest BCUT2D eigenvalue weighted by Gasteiger charge is -2.29. The van der Waals surface area contributed by atoms with Crippen LogP contribution in [0.2, 0.25) is 5.02 Å². The summed E-state index contributed by atoms with van der Waals surface area (Å²) >= 11 is 6.27. The molecule has 1 atom stereocenters. The first-order valence-electron chi connectivity index (χ1n) is 13.4. The molecule has 10 nitrogen and oxygen atoms in total. The third-order valence-electron chi connectivity index (χ3n) is 6.86. The number of allylic oxidation sites excluding steroid dienone is 1. The van der Waals surface area contributed by atoms with E-state index in [1.54, 1.807) is 16.8 Å². The minimum atomic E-state index is -0.616. The van der Waals surface area contributed by atoms with Crippen LogP contribution in [0.4, 0.5) is 11.6 Å². The van der Waals surface area contributed by atoms with Crippen LogP contribution < -0.4 is 29.6 Å². The first kappa shape index (κ1) is 28.8. The van der Waals surface area contributed by atoms with Crippen molar-refractivity contribution in [2.75, 3.05) is 31.5 Å². The second-order valence-electron chi connectivity index (χ2n) is 9.65. The lowest BCUT2D eigenvalue weighted by Crippen LogP contribution is -2.31. The number of carbonyl (C=O) groups is 1. The lowest BCUT2D eigenvalue weighted by atomic mass is 9.94. The Labute approximate surface area is 249 Å². The van der Waals surface area contributed by atoms with E-state index in [1.165, 1.54) is 26.1 Å². The fraction of sp³-hybridized carbons (Fsp3) is 0.258. The molecule has 1 aliphatic rings. The Morgan fingerprint density at radius 1 is 0.976 bits per heavy atom. The summed E-state index contributed by atoms with van der Waals surface area (Å²) in [6.07, 6.45) is 1.44. The first-order chi connectivity index (χ1) is 20.3. The zero-order valence-electron chi connectivity index (χ0n) is 24.0. The van der Waals surface area contributed by atoms with Gasteiger partial charge in [-0.05, 0) is 44.0 Å². The number of benzene rings is 3. The van der Waals surface area contributed by atoms with Crippen LogP contribution in [0.1, 0.15) is 36.6 Å². The Bertz CT molecular complexity index is 1630. The number of methoxy groups -OCH3 is 2. The number of anilines is 2. The van der Waals surface area contributed by atoms with E-state index in [4.69, 9.17) is 30.5 Å². The Morgan fingerprint density at radius 3 is 2.45 bits per heavy atom. The smallest absolute Gasteiger partial charge is 0.255 e. The number of rotatable bonds is 10. The number of amides is 1. The van der Waals surface area contributed by atoms with E-state index in [0.717, 1.165) is 11.1 Å². The van der Waals surface area contributed by atoms with Gasteiger partial charge in [0.15, 0.2) is 11.5 Å². The molecule has 4 aromatic rings. The number of fused-ring (bicyclic) bond motifs is 1. The molecule has 0 spiro atoms. The number of hydrogen-bond acceptors (Lipinski definition) is 8. The molecular formula is C31H32ClN5O5. The van der Waals surface area contributed by atoms with E-state index >= 15 is 0 Å². The van der Waals surface area contributed by atoms with Crippen molar-refractivity contribution in [2.45, 2.75) is 33.4 Å². The second-order valence-corrected chi connectivity index (χ2v) is 10.1. The minimum absolute atomic E-state index is 0.361. The monoisotopic (exact) mass is 589 g/mol. The minimum Gasteiger partial charge on any atom is -0.495 e. The van der Waals surface area contributed by atoms with Crippen LogP contribution in [0.3, 0.4) is 0 Å². The van der Waals surface area contributed by atoms with Gasteiger partial charge in [-0.15, -0.1) is 0 Å². The normalized spacial score (nSPS) is 14.1. The van der Waals surface area contributed by atoms with Crippen LogP contribution in [0.15, 0.2) is 72.2 Å². The number of hydrogen-bond donors (Lipinski definition) is 2. The molecule has 0 fully saturated rings. The Balaban J connectivity index is 1.50. The van der Waals surface area contributed by atoms with Crippen LogP contribution in [-0.2, 0) is 11.4 Å². The van der Waals surface area contributed by atoms with Gasteiger partial charge < -0.3 is 29.6 Å². The second kappa shape index (κ2) is 12.4. The van der Waals surface area contributed by atoms with Gasteiger partial charge in [0.2, 0.25) is 5.95 Å². The van der Waals surface area contributed by atoms with Gasteiger partial charge in [0, 0.05) is 17.8 Å². The van der Waals surface area contributed by atoms with Crippen LogP contribution in [0, 0.1) is 6.92 Å². The highest BCUT2D eigenvalue weighted by Gasteiger charge is 2.34. The van der Waals surface area contributed by atoms with Crippen LogP contribution >= 0.6 is 11.6 Å². The summed E-state index contributed by atoms with van der Waals surface area (Å²) in [5.41, 5.74) is 4.45. The van der Waals surface area contributed by atoms with Crippen molar-refractivity contribution in [2.24, 2.45) is 0 Å². The summed E-state index contributed by atoms with van der Waals surface area (Å²) in [5.74, 6) is 2.09. The van der Waals surface area contributed by atoms with Gasteiger partial charge in [-0.2, -0.15) is 10.1 Å². The largest absolute Gasteiger partial charge is 0.495 e. The topological polar surface area (TPSA) is 109 Å². The number of aromatic nitrogens is 3. The van der Waals surface area contributed by atoms with Crippen LogP contribution in [0.25, 0.3) is 0 Å².